The topological polar surface area (TPSA) is 57.6 Å². The Kier molecular flexibility index (Phi) is 4.69. The second-order valence-electron chi connectivity index (χ2n) is 3.99. The van der Waals surface area contributed by atoms with Crippen molar-refractivity contribution in [2.45, 2.75) is 25.8 Å². The van der Waals surface area contributed by atoms with Crippen molar-refractivity contribution in [3.05, 3.63) is 35.9 Å². The highest BCUT2D eigenvalue weighted by atomic mass is 16.4. The third kappa shape index (κ3) is 3.90. The number of carbonyl (C=O) groups excluding carboxylic acids is 1. The number of carbonyl (C=O) groups is 2. The molecule has 4 heteroatoms. The van der Waals surface area contributed by atoms with Gasteiger partial charge in [-0.3, -0.25) is 9.59 Å². The molecule has 0 radical (unpaired) electrons. The van der Waals surface area contributed by atoms with Gasteiger partial charge in [-0.25, -0.2) is 0 Å². The lowest BCUT2D eigenvalue weighted by atomic mass is 10.1. The lowest BCUT2D eigenvalue weighted by Crippen LogP contribution is -2.29. The number of carboxylic acids is 1. The Hall–Kier alpha value is -1.84. The summed E-state index contributed by atoms with van der Waals surface area (Å²) in [5.41, 5.74) is 1.04. The summed E-state index contributed by atoms with van der Waals surface area (Å²) in [5.74, 6) is -1.09. The van der Waals surface area contributed by atoms with Crippen LogP contribution in [-0.2, 0) is 9.59 Å². The van der Waals surface area contributed by atoms with Crippen molar-refractivity contribution >= 4 is 11.9 Å². The van der Waals surface area contributed by atoms with Crippen LogP contribution >= 0.6 is 0 Å². The number of carboxylic acid groups (broad SMARTS) is 1. The number of rotatable bonds is 5. The van der Waals surface area contributed by atoms with E-state index in [1.54, 1.807) is 11.9 Å². The predicted molar refractivity (Wildman–Crippen MR) is 64.5 cm³/mol. The molecule has 0 fully saturated rings. The molecule has 92 valence electrons. The van der Waals surface area contributed by atoms with E-state index in [0.717, 1.165) is 5.56 Å². The van der Waals surface area contributed by atoms with Crippen molar-refractivity contribution in [3.8, 4) is 0 Å². The first-order valence-electron chi connectivity index (χ1n) is 5.54. The highest BCUT2D eigenvalue weighted by Crippen LogP contribution is 2.18. The van der Waals surface area contributed by atoms with E-state index in [2.05, 4.69) is 0 Å². The zero-order valence-electron chi connectivity index (χ0n) is 10.1. The molecular weight excluding hydrogens is 218 g/mol. The average molecular weight is 235 g/mol. The lowest BCUT2D eigenvalue weighted by Gasteiger charge is -2.25. The molecule has 1 N–H and O–H groups in total. The van der Waals surface area contributed by atoms with E-state index in [-0.39, 0.29) is 24.8 Å². The molecule has 1 aromatic rings. The Morgan fingerprint density at radius 1 is 1.24 bits per heavy atom. The fourth-order valence-corrected chi connectivity index (χ4v) is 1.56. The molecule has 17 heavy (non-hydrogen) atoms. The SMILES string of the molecule is CC(c1ccccc1)N(C)C(=O)CCC(=O)O. The van der Waals surface area contributed by atoms with Crippen LogP contribution in [0.4, 0.5) is 0 Å². The second-order valence-corrected chi connectivity index (χ2v) is 3.99. The van der Waals surface area contributed by atoms with Crippen molar-refractivity contribution in [2.24, 2.45) is 0 Å². The quantitative estimate of drug-likeness (QED) is 0.850. The first kappa shape index (κ1) is 13.2. The Morgan fingerprint density at radius 2 is 1.82 bits per heavy atom. The zero-order valence-corrected chi connectivity index (χ0v) is 10.1. The number of aliphatic carboxylic acids is 1. The van der Waals surface area contributed by atoms with Gasteiger partial charge in [0.25, 0.3) is 0 Å². The summed E-state index contributed by atoms with van der Waals surface area (Å²) in [7, 11) is 1.70. The first-order chi connectivity index (χ1) is 8.02. The molecule has 0 saturated carbocycles. The van der Waals surface area contributed by atoms with Gasteiger partial charge in [0, 0.05) is 13.5 Å². The minimum atomic E-state index is -0.945. The smallest absolute Gasteiger partial charge is 0.303 e. The molecule has 1 amide bonds. The molecule has 0 bridgehead atoms. The summed E-state index contributed by atoms with van der Waals surface area (Å²) < 4.78 is 0. The van der Waals surface area contributed by atoms with E-state index >= 15 is 0 Å². The number of nitrogens with zero attached hydrogens (tertiary/aromatic N) is 1. The summed E-state index contributed by atoms with van der Waals surface area (Å²) in [6.45, 7) is 1.92. The Morgan fingerprint density at radius 3 is 2.35 bits per heavy atom. The molecule has 1 atom stereocenters. The van der Waals surface area contributed by atoms with E-state index < -0.39 is 5.97 Å². The van der Waals surface area contributed by atoms with Crippen LogP contribution in [0.2, 0.25) is 0 Å². The van der Waals surface area contributed by atoms with E-state index in [0.29, 0.717) is 0 Å². The molecule has 0 heterocycles. The molecule has 1 rings (SSSR count). The molecular formula is C13H17NO3. The molecule has 1 aromatic carbocycles. The van der Waals surface area contributed by atoms with Gasteiger partial charge in [0.05, 0.1) is 12.5 Å². The van der Waals surface area contributed by atoms with E-state index in [1.807, 2.05) is 37.3 Å². The van der Waals surface area contributed by atoms with Gasteiger partial charge in [0.2, 0.25) is 5.91 Å². The minimum absolute atomic E-state index is 0.0440. The maximum atomic E-state index is 11.7. The molecule has 0 saturated heterocycles. The zero-order chi connectivity index (χ0) is 12.8. The molecule has 0 aliphatic carbocycles. The van der Waals surface area contributed by atoms with Crippen LogP contribution in [0.15, 0.2) is 30.3 Å². The summed E-state index contributed by atoms with van der Waals surface area (Å²) in [5, 5.41) is 8.53. The fraction of sp³-hybridized carbons (Fsp3) is 0.385. The third-order valence-electron chi connectivity index (χ3n) is 2.81. The third-order valence-corrected chi connectivity index (χ3v) is 2.81. The molecule has 0 aliphatic heterocycles. The average Bonchev–Trinajstić information content (AvgIpc) is 2.35. The summed E-state index contributed by atoms with van der Waals surface area (Å²) >= 11 is 0. The molecule has 4 nitrogen and oxygen atoms in total. The van der Waals surface area contributed by atoms with Gasteiger partial charge in [-0.2, -0.15) is 0 Å². The Labute approximate surface area is 101 Å². The fourth-order valence-electron chi connectivity index (χ4n) is 1.56. The van der Waals surface area contributed by atoms with Crippen LogP contribution in [0.1, 0.15) is 31.4 Å². The van der Waals surface area contributed by atoms with Crippen LogP contribution in [0, 0.1) is 0 Å². The van der Waals surface area contributed by atoms with Crippen molar-refractivity contribution in [1.82, 2.24) is 4.90 Å². The Bertz CT molecular complexity index is 389. The second kappa shape index (κ2) is 6.03. The highest BCUT2D eigenvalue weighted by molar-refractivity contribution is 5.80. The standard InChI is InChI=1S/C13H17NO3/c1-10(11-6-4-3-5-7-11)14(2)12(15)8-9-13(16)17/h3-7,10H,8-9H2,1-2H3,(H,16,17). The first-order valence-corrected chi connectivity index (χ1v) is 5.54. The van der Waals surface area contributed by atoms with Gasteiger partial charge in [0.15, 0.2) is 0 Å². The van der Waals surface area contributed by atoms with Gasteiger partial charge >= 0.3 is 5.97 Å². The van der Waals surface area contributed by atoms with Crippen LogP contribution in [0.5, 0.6) is 0 Å². The maximum Gasteiger partial charge on any atom is 0.303 e. The summed E-state index contributed by atoms with van der Waals surface area (Å²) in [6, 6.07) is 9.61. The predicted octanol–water partition coefficient (Wildman–Crippen LogP) is 2.07. The normalized spacial score (nSPS) is 11.9. The largest absolute Gasteiger partial charge is 0.481 e. The summed E-state index contributed by atoms with van der Waals surface area (Å²) in [4.78, 5) is 23.7. The minimum Gasteiger partial charge on any atom is -0.481 e. The van der Waals surface area contributed by atoms with Gasteiger partial charge in [0.1, 0.15) is 0 Å². The van der Waals surface area contributed by atoms with Crippen LogP contribution in [0.25, 0.3) is 0 Å². The molecule has 0 spiro atoms. The van der Waals surface area contributed by atoms with Crippen molar-refractivity contribution in [3.63, 3.8) is 0 Å². The van der Waals surface area contributed by atoms with Crippen LogP contribution < -0.4 is 0 Å². The van der Waals surface area contributed by atoms with Crippen molar-refractivity contribution in [2.75, 3.05) is 7.05 Å². The molecule has 0 aliphatic rings. The summed E-state index contributed by atoms with van der Waals surface area (Å²) in [6.07, 6.45) is -0.0757. The van der Waals surface area contributed by atoms with Gasteiger partial charge in [-0.1, -0.05) is 30.3 Å². The van der Waals surface area contributed by atoms with Crippen LogP contribution in [0.3, 0.4) is 0 Å². The highest BCUT2D eigenvalue weighted by Gasteiger charge is 2.17. The number of benzene rings is 1. The van der Waals surface area contributed by atoms with Crippen molar-refractivity contribution < 1.29 is 14.7 Å². The van der Waals surface area contributed by atoms with E-state index in [4.69, 9.17) is 5.11 Å². The van der Waals surface area contributed by atoms with Crippen LogP contribution in [-0.4, -0.2) is 28.9 Å². The lowest BCUT2D eigenvalue weighted by molar-refractivity contribution is -0.141. The van der Waals surface area contributed by atoms with E-state index in [9.17, 15) is 9.59 Å². The number of amides is 1. The maximum absolute atomic E-state index is 11.7. The van der Waals surface area contributed by atoms with Crippen molar-refractivity contribution in [1.29, 1.82) is 0 Å². The monoisotopic (exact) mass is 235 g/mol. The Balaban J connectivity index is 2.60. The molecule has 0 aromatic heterocycles. The van der Waals surface area contributed by atoms with Gasteiger partial charge < -0.3 is 10.0 Å². The van der Waals surface area contributed by atoms with E-state index in [1.165, 1.54) is 0 Å². The van der Waals surface area contributed by atoms with Gasteiger partial charge in [-0.05, 0) is 12.5 Å². The number of hydrogen-bond acceptors (Lipinski definition) is 2. The molecule has 1 unspecified atom stereocenters. The number of hydrogen-bond donors (Lipinski definition) is 1. The van der Waals surface area contributed by atoms with Gasteiger partial charge in [-0.15, -0.1) is 0 Å².